The number of hydrogen-bond acceptors (Lipinski definition) is 10. The third-order valence-corrected chi connectivity index (χ3v) is 17.7. The molecule has 9 radical (unpaired) electrons. The first-order valence-corrected chi connectivity index (χ1v) is 42.3. The Hall–Kier alpha value is -6.04. The Bertz CT molecular complexity index is 2850. The molecule has 13 nitrogen and oxygen atoms in total. The summed E-state index contributed by atoms with van der Waals surface area (Å²) < 4.78 is 18.8. The van der Waals surface area contributed by atoms with Gasteiger partial charge in [-0.1, -0.05) is 304 Å². The zero-order chi connectivity index (χ0) is 83.1. The first-order valence-electron chi connectivity index (χ1n) is 39.6. The third-order valence-electron chi connectivity index (χ3n) is 17.7. The fourth-order valence-electron chi connectivity index (χ4n) is 11.3. The molecule has 0 aliphatic heterocycles. The number of rotatable bonds is 14. The Morgan fingerprint density at radius 2 is 0.578 bits per heavy atom. The predicted octanol–water partition coefficient (Wildman–Crippen LogP) is 20.7. The number of carbonyl (C=O) groups is 3. The van der Waals surface area contributed by atoms with Gasteiger partial charge in [-0.2, -0.15) is 0 Å². The molecule has 0 bridgehead atoms. The highest BCUT2D eigenvalue weighted by Gasteiger charge is 2.38. The molecule has 9 rings (SSSR count). The lowest BCUT2D eigenvalue weighted by molar-refractivity contribution is -0.137. The van der Waals surface area contributed by atoms with Crippen molar-refractivity contribution in [1.29, 1.82) is 0 Å². The fraction of sp³-hybridized carbons (Fsp3) is 0.571. The Balaban J connectivity index is -0.000000150. The number of halogens is 1. The van der Waals surface area contributed by atoms with Gasteiger partial charge in [-0.3, -0.25) is 14.4 Å². The van der Waals surface area contributed by atoms with E-state index in [2.05, 4.69) is 108 Å². The number of hydrogen-bond donors (Lipinski definition) is 4. The number of amides is 3. The molecule has 3 atom stereocenters. The van der Waals surface area contributed by atoms with Gasteiger partial charge < -0.3 is 41.1 Å². The number of likely N-dealkylation sites (N-methyl/N-ethyl adjacent to an activating group) is 3. The minimum atomic E-state index is -3.19. The van der Waals surface area contributed by atoms with Crippen molar-refractivity contribution in [3.8, 4) is 0 Å². The van der Waals surface area contributed by atoms with Gasteiger partial charge in [0.25, 0.3) is 0 Å². The molecule has 0 aromatic heterocycles. The number of carbonyl (C=O) groups excluding carboxylic acids is 3. The Labute approximate surface area is 682 Å². The zero-order valence-electron chi connectivity index (χ0n) is 74.6. The van der Waals surface area contributed by atoms with E-state index in [1.807, 2.05) is 315 Å². The maximum absolute atomic E-state index is 12.7. The van der Waals surface area contributed by atoms with Crippen LogP contribution in [0.15, 0.2) is 182 Å². The van der Waals surface area contributed by atoms with E-state index in [0.29, 0.717) is 30.2 Å². The highest BCUT2D eigenvalue weighted by Crippen LogP contribution is 2.33. The molecule has 3 aliphatic carbocycles. The second-order valence-corrected chi connectivity index (χ2v) is 29.3. The molecular weight excluding hydrogens is 1390 g/mol. The smallest absolute Gasteiger partial charge is 0.232 e. The van der Waals surface area contributed by atoms with Crippen LogP contribution in [0.5, 0.6) is 0 Å². The average Bonchev–Trinajstić information content (AvgIpc) is 1.71. The SMILES string of the molecule is CC.CC.CC.CC.CC.CC.CC(O)c1ccccc1.CC(c1ccccc1)N(C)C.CN.CN(C(=O)C(C)(C)c1ccccc1)C1CCCC1.CN(C(=O)C(C)(C)c1ccccc1)C1CCCC1.CN(C(=O)C(C)(C)c1ccccc1)C1CCCC1.CNC.CNC(C)c1ccccc1.CS(=O)(=O)Cl.[B].[B].[B]. The van der Waals surface area contributed by atoms with Crippen molar-refractivity contribution in [3.63, 3.8) is 0 Å². The van der Waals surface area contributed by atoms with Gasteiger partial charge >= 0.3 is 0 Å². The second kappa shape index (κ2) is 73.4. The lowest BCUT2D eigenvalue weighted by Gasteiger charge is -2.33. The van der Waals surface area contributed by atoms with Crippen molar-refractivity contribution in [3.05, 3.63) is 215 Å². The molecule has 3 saturated carbocycles. The summed E-state index contributed by atoms with van der Waals surface area (Å²) in [5.41, 5.74) is 10.2. The molecular formula is C91H158B3ClN7O6S. The van der Waals surface area contributed by atoms with Crippen LogP contribution in [0.3, 0.4) is 0 Å². The molecule has 18 heteroatoms. The van der Waals surface area contributed by atoms with Crippen LogP contribution in [0.2, 0.25) is 0 Å². The van der Waals surface area contributed by atoms with Crippen molar-refractivity contribution in [2.75, 3.05) is 69.7 Å². The van der Waals surface area contributed by atoms with Crippen LogP contribution in [0.4, 0.5) is 0 Å². The largest absolute Gasteiger partial charge is 0.389 e. The van der Waals surface area contributed by atoms with Gasteiger partial charge in [-0.25, -0.2) is 8.42 Å². The lowest BCUT2D eigenvalue weighted by atomic mass is 9.83. The summed E-state index contributed by atoms with van der Waals surface area (Å²) in [6.07, 6.45) is 15.1. The molecule has 109 heavy (non-hydrogen) atoms. The van der Waals surface area contributed by atoms with Crippen LogP contribution in [-0.2, 0) is 39.7 Å². The van der Waals surface area contributed by atoms with Crippen LogP contribution in [0.25, 0.3) is 0 Å². The standard InChI is InChI=1S/3C16H23NO.C10H15N.C9H13N.C8H10O.C2H7N.6C2H6.CH3ClO2S.CH5N.3B/c3*1-16(2,13-9-5-4-6-10-13)15(18)17(3)14-11-7-8-12-14;1-9(11(2)3)10-7-5-4-6-8-10;1-8(10-2)9-6-4-3-5-7-9;1-7(9)8-5-3-2-4-6-8;1-3-2;6*1-2;1-5(2,3)4;1-2;;;/h3*4-6,9-10,14H,7-8,11-12H2,1-3H3;4-9H,1-3H3;3-8,10H,1-2H3;2-7,9H,1H3;3H,1-2H3;6*1-2H3;1H3;2H2,1H3;;;. The zero-order valence-corrected chi connectivity index (χ0v) is 76.2. The summed E-state index contributed by atoms with van der Waals surface area (Å²) in [5, 5.41) is 15.0. The molecule has 6 aromatic carbocycles. The van der Waals surface area contributed by atoms with E-state index in [1.165, 1.54) is 56.7 Å². The highest BCUT2D eigenvalue weighted by atomic mass is 35.7. The van der Waals surface area contributed by atoms with Crippen molar-refractivity contribution < 1.29 is 27.9 Å². The molecule has 615 valence electrons. The Morgan fingerprint density at radius 3 is 0.743 bits per heavy atom. The van der Waals surface area contributed by atoms with E-state index in [4.69, 9.17) is 5.11 Å². The van der Waals surface area contributed by atoms with Gasteiger partial charge in [0.1, 0.15) is 0 Å². The first-order chi connectivity index (χ1) is 50.4. The molecule has 3 unspecified atom stereocenters. The van der Waals surface area contributed by atoms with Gasteiger partial charge in [-0.15, -0.1) is 0 Å². The summed E-state index contributed by atoms with van der Waals surface area (Å²) in [5.74, 6) is 0.710. The van der Waals surface area contributed by atoms with Crippen LogP contribution in [-0.4, -0.2) is 164 Å². The third kappa shape index (κ3) is 51.3. The lowest BCUT2D eigenvalue weighted by Crippen LogP contribution is -2.45. The van der Waals surface area contributed by atoms with Crippen molar-refractivity contribution in [2.24, 2.45) is 5.73 Å². The fourth-order valence-corrected chi connectivity index (χ4v) is 11.3. The molecule has 0 spiro atoms. The van der Waals surface area contributed by atoms with Gasteiger partial charge in [0.05, 0.1) is 28.6 Å². The Kier molecular flexibility index (Phi) is 81.7. The van der Waals surface area contributed by atoms with Crippen LogP contribution < -0.4 is 16.4 Å². The summed E-state index contributed by atoms with van der Waals surface area (Å²) in [6, 6.07) is 63.0. The van der Waals surface area contributed by atoms with Crippen molar-refractivity contribution >= 4 is 62.7 Å². The van der Waals surface area contributed by atoms with E-state index in [-0.39, 0.29) is 49.1 Å². The minimum absolute atomic E-state index is 0. The Morgan fingerprint density at radius 1 is 0.404 bits per heavy atom. The van der Waals surface area contributed by atoms with E-state index in [0.717, 1.165) is 67.0 Å². The normalized spacial score (nSPS) is 13.1. The molecule has 6 aromatic rings. The maximum atomic E-state index is 12.7. The van der Waals surface area contributed by atoms with E-state index in [1.54, 1.807) is 6.92 Å². The van der Waals surface area contributed by atoms with E-state index < -0.39 is 25.3 Å². The summed E-state index contributed by atoms with van der Waals surface area (Å²) in [4.78, 5) is 46.2. The molecule has 5 N–H and O–H groups in total. The van der Waals surface area contributed by atoms with Gasteiger partial charge in [0.2, 0.25) is 26.8 Å². The molecule has 0 saturated heterocycles. The number of nitrogens with one attached hydrogen (secondary N) is 2. The second-order valence-electron chi connectivity index (χ2n) is 26.3. The van der Waals surface area contributed by atoms with Crippen LogP contribution in [0.1, 0.15) is 274 Å². The minimum Gasteiger partial charge on any atom is -0.389 e. The van der Waals surface area contributed by atoms with Gasteiger partial charge in [-0.05, 0) is 177 Å². The van der Waals surface area contributed by atoms with Crippen molar-refractivity contribution in [2.45, 2.75) is 275 Å². The number of aliphatic hydroxyl groups is 1. The number of nitrogens with two attached hydrogens (primary N) is 1. The van der Waals surface area contributed by atoms with E-state index in [9.17, 15) is 22.8 Å². The predicted molar refractivity (Wildman–Crippen MR) is 484 cm³/mol. The summed E-state index contributed by atoms with van der Waals surface area (Å²) in [6.45, 7) is 42.3. The molecule has 0 heterocycles. The topological polar surface area (TPSA) is 169 Å². The highest BCUT2D eigenvalue weighted by molar-refractivity contribution is 8.13. The van der Waals surface area contributed by atoms with Gasteiger partial charge in [0.15, 0.2) is 0 Å². The number of benzene rings is 6. The summed E-state index contributed by atoms with van der Waals surface area (Å²) >= 11 is 0. The van der Waals surface area contributed by atoms with Gasteiger partial charge in [0, 0.05) is 87.3 Å². The first kappa shape index (κ1) is 121. The molecule has 3 fully saturated rings. The molecule has 3 amide bonds. The molecule has 3 aliphatic rings. The monoisotopic (exact) mass is 1550 g/mol. The average molecular weight is 1550 g/mol. The van der Waals surface area contributed by atoms with E-state index >= 15 is 0 Å². The summed E-state index contributed by atoms with van der Waals surface area (Å²) in [7, 11) is 18.6. The number of nitrogens with zero attached hydrogens (tertiary/aromatic N) is 4. The van der Waals surface area contributed by atoms with Crippen molar-refractivity contribution in [1.82, 2.24) is 30.2 Å². The number of aliphatic hydroxyl groups excluding tert-OH is 1. The maximum Gasteiger partial charge on any atom is 0.232 e. The van der Waals surface area contributed by atoms with Crippen LogP contribution in [0, 0.1) is 0 Å². The van der Waals surface area contributed by atoms with Crippen LogP contribution >= 0.6 is 10.7 Å². The quantitative estimate of drug-likeness (QED) is 0.0608.